The van der Waals surface area contributed by atoms with Crippen molar-refractivity contribution in [3.8, 4) is 0 Å². The van der Waals surface area contributed by atoms with Crippen LogP contribution in [0.5, 0.6) is 0 Å². The predicted octanol–water partition coefficient (Wildman–Crippen LogP) is 0.964. The van der Waals surface area contributed by atoms with Gasteiger partial charge < -0.3 is 10.1 Å². The van der Waals surface area contributed by atoms with E-state index in [9.17, 15) is 4.79 Å². The van der Waals surface area contributed by atoms with Crippen LogP contribution < -0.4 is 5.32 Å². The molecule has 0 bridgehead atoms. The molecule has 1 N–H and O–H groups in total. The van der Waals surface area contributed by atoms with Gasteiger partial charge in [-0.25, -0.2) is 0 Å². The molecule has 0 aromatic heterocycles. The third-order valence-electron chi connectivity index (χ3n) is 3.35. The summed E-state index contributed by atoms with van der Waals surface area (Å²) in [5.74, 6) is 0.396. The summed E-state index contributed by atoms with van der Waals surface area (Å²) in [4.78, 5) is 10.4. The molecule has 0 unspecified atom stereocenters. The summed E-state index contributed by atoms with van der Waals surface area (Å²) in [5, 5.41) is 3.27. The SMILES string of the molecule is CNC1CC2(CC(C=O)C2)C1. The Morgan fingerprint density at radius 1 is 1.36 bits per heavy atom. The van der Waals surface area contributed by atoms with Crippen LogP contribution in [0.2, 0.25) is 0 Å². The minimum atomic E-state index is 0.396. The fraction of sp³-hybridized carbons (Fsp3) is 0.889. The molecule has 1 spiro atoms. The molecule has 0 aromatic carbocycles. The van der Waals surface area contributed by atoms with Crippen molar-refractivity contribution >= 4 is 6.29 Å². The first-order valence-electron chi connectivity index (χ1n) is 4.40. The highest BCUT2D eigenvalue weighted by molar-refractivity contribution is 5.56. The van der Waals surface area contributed by atoms with Gasteiger partial charge in [0.25, 0.3) is 0 Å². The van der Waals surface area contributed by atoms with E-state index in [1.165, 1.54) is 12.8 Å². The van der Waals surface area contributed by atoms with Gasteiger partial charge >= 0.3 is 0 Å². The normalized spacial score (nSPS) is 48.1. The standard InChI is InChI=1S/C9H15NO/c1-10-8-4-9(5-8)2-7(3-9)6-11/h6-8,10H,2-5H2,1H3. The fourth-order valence-corrected chi connectivity index (χ4v) is 2.67. The van der Waals surface area contributed by atoms with E-state index in [4.69, 9.17) is 0 Å². The molecule has 2 aliphatic rings. The van der Waals surface area contributed by atoms with Crippen LogP contribution in [0.15, 0.2) is 0 Å². The summed E-state index contributed by atoms with van der Waals surface area (Å²) in [5.41, 5.74) is 0.596. The Balaban J connectivity index is 1.79. The number of nitrogens with one attached hydrogen (secondary N) is 1. The molecule has 2 saturated carbocycles. The molecule has 2 aliphatic carbocycles. The Kier molecular flexibility index (Phi) is 1.53. The van der Waals surface area contributed by atoms with Gasteiger partial charge in [0.2, 0.25) is 0 Å². The van der Waals surface area contributed by atoms with Crippen molar-refractivity contribution < 1.29 is 4.79 Å². The monoisotopic (exact) mass is 153 g/mol. The van der Waals surface area contributed by atoms with E-state index in [1.807, 2.05) is 7.05 Å². The highest BCUT2D eigenvalue weighted by Gasteiger charge is 2.52. The number of carbonyl (C=O) groups excluding carboxylic acids is 1. The molecule has 11 heavy (non-hydrogen) atoms. The maximum atomic E-state index is 10.4. The minimum absolute atomic E-state index is 0.396. The van der Waals surface area contributed by atoms with Gasteiger partial charge in [0.15, 0.2) is 0 Å². The van der Waals surface area contributed by atoms with Crippen LogP contribution in [-0.4, -0.2) is 19.4 Å². The van der Waals surface area contributed by atoms with Crippen LogP contribution in [0.1, 0.15) is 25.7 Å². The fourth-order valence-electron chi connectivity index (χ4n) is 2.67. The lowest BCUT2D eigenvalue weighted by molar-refractivity contribution is -0.123. The highest BCUT2D eigenvalue weighted by atomic mass is 16.1. The molecule has 2 fully saturated rings. The van der Waals surface area contributed by atoms with Crippen LogP contribution >= 0.6 is 0 Å². The summed E-state index contributed by atoms with van der Waals surface area (Å²) < 4.78 is 0. The summed E-state index contributed by atoms with van der Waals surface area (Å²) >= 11 is 0. The van der Waals surface area contributed by atoms with Crippen molar-refractivity contribution in [3.63, 3.8) is 0 Å². The first-order chi connectivity index (χ1) is 5.28. The minimum Gasteiger partial charge on any atom is -0.317 e. The van der Waals surface area contributed by atoms with Crippen LogP contribution in [0, 0.1) is 11.3 Å². The molecule has 0 atom stereocenters. The second kappa shape index (κ2) is 2.31. The Labute approximate surface area is 67.4 Å². The Bertz CT molecular complexity index is 164. The molecular weight excluding hydrogens is 138 g/mol. The topological polar surface area (TPSA) is 29.1 Å². The van der Waals surface area contributed by atoms with Gasteiger partial charge in [-0.2, -0.15) is 0 Å². The van der Waals surface area contributed by atoms with E-state index in [-0.39, 0.29) is 0 Å². The largest absolute Gasteiger partial charge is 0.317 e. The molecule has 0 heterocycles. The second-order valence-electron chi connectivity index (χ2n) is 4.20. The van der Waals surface area contributed by atoms with E-state index in [0.717, 1.165) is 25.2 Å². The third kappa shape index (κ3) is 1.00. The number of hydrogen-bond acceptors (Lipinski definition) is 2. The average Bonchev–Trinajstić information content (AvgIpc) is 1.83. The maximum absolute atomic E-state index is 10.4. The van der Waals surface area contributed by atoms with Crippen molar-refractivity contribution in [3.05, 3.63) is 0 Å². The van der Waals surface area contributed by atoms with Crippen molar-refractivity contribution in [2.75, 3.05) is 7.05 Å². The van der Waals surface area contributed by atoms with E-state index in [0.29, 0.717) is 11.3 Å². The zero-order chi connectivity index (χ0) is 7.90. The van der Waals surface area contributed by atoms with Gasteiger partial charge in [0.1, 0.15) is 6.29 Å². The number of rotatable bonds is 2. The summed E-state index contributed by atoms with van der Waals surface area (Å²) in [6, 6.07) is 0.739. The Morgan fingerprint density at radius 2 is 2.00 bits per heavy atom. The predicted molar refractivity (Wildman–Crippen MR) is 43.3 cm³/mol. The van der Waals surface area contributed by atoms with Crippen LogP contribution in [-0.2, 0) is 4.79 Å². The lowest BCUT2D eigenvalue weighted by Gasteiger charge is -2.56. The third-order valence-corrected chi connectivity index (χ3v) is 3.35. The molecule has 2 heteroatoms. The Hall–Kier alpha value is -0.370. The van der Waals surface area contributed by atoms with Gasteiger partial charge in [-0.1, -0.05) is 0 Å². The molecule has 0 amide bonds. The van der Waals surface area contributed by atoms with Crippen LogP contribution in [0.3, 0.4) is 0 Å². The smallest absolute Gasteiger partial charge is 0.123 e. The highest BCUT2D eigenvalue weighted by Crippen LogP contribution is 2.57. The molecule has 2 rings (SSSR count). The zero-order valence-electron chi connectivity index (χ0n) is 6.97. The van der Waals surface area contributed by atoms with Gasteiger partial charge in [-0.05, 0) is 38.1 Å². The van der Waals surface area contributed by atoms with E-state index >= 15 is 0 Å². The molecule has 0 saturated heterocycles. The molecule has 0 aliphatic heterocycles. The second-order valence-corrected chi connectivity index (χ2v) is 4.20. The Morgan fingerprint density at radius 3 is 2.45 bits per heavy atom. The number of carbonyl (C=O) groups is 1. The maximum Gasteiger partial charge on any atom is 0.123 e. The molecule has 62 valence electrons. The molecule has 0 aromatic rings. The average molecular weight is 153 g/mol. The van der Waals surface area contributed by atoms with Crippen molar-refractivity contribution in [1.82, 2.24) is 5.32 Å². The summed E-state index contributed by atoms with van der Waals surface area (Å²) in [6.07, 6.45) is 6.04. The van der Waals surface area contributed by atoms with Crippen molar-refractivity contribution in [2.45, 2.75) is 31.7 Å². The first-order valence-corrected chi connectivity index (χ1v) is 4.40. The van der Waals surface area contributed by atoms with Gasteiger partial charge in [0.05, 0.1) is 0 Å². The van der Waals surface area contributed by atoms with Crippen molar-refractivity contribution in [1.29, 1.82) is 0 Å². The lowest BCUT2D eigenvalue weighted by atomic mass is 9.50. The van der Waals surface area contributed by atoms with E-state index < -0.39 is 0 Å². The molecular formula is C9H15NO. The summed E-state index contributed by atoms with van der Waals surface area (Å²) in [7, 11) is 2.02. The number of hydrogen-bond donors (Lipinski definition) is 1. The molecule has 0 radical (unpaired) electrons. The van der Waals surface area contributed by atoms with E-state index in [1.54, 1.807) is 0 Å². The summed E-state index contributed by atoms with van der Waals surface area (Å²) in [6.45, 7) is 0. The lowest BCUT2D eigenvalue weighted by Crippen LogP contribution is -2.54. The van der Waals surface area contributed by atoms with Gasteiger partial charge in [-0.3, -0.25) is 0 Å². The van der Waals surface area contributed by atoms with Crippen LogP contribution in [0.4, 0.5) is 0 Å². The van der Waals surface area contributed by atoms with Crippen molar-refractivity contribution in [2.24, 2.45) is 11.3 Å². The molecule has 2 nitrogen and oxygen atoms in total. The first kappa shape index (κ1) is 7.29. The van der Waals surface area contributed by atoms with Gasteiger partial charge in [-0.15, -0.1) is 0 Å². The van der Waals surface area contributed by atoms with E-state index in [2.05, 4.69) is 5.32 Å². The van der Waals surface area contributed by atoms with Gasteiger partial charge in [0, 0.05) is 12.0 Å². The number of aldehydes is 1. The zero-order valence-corrected chi connectivity index (χ0v) is 6.97. The quantitative estimate of drug-likeness (QED) is 0.599. The van der Waals surface area contributed by atoms with Crippen LogP contribution in [0.25, 0.3) is 0 Å².